The van der Waals surface area contributed by atoms with Crippen LogP contribution in [0.3, 0.4) is 0 Å². The van der Waals surface area contributed by atoms with Crippen LogP contribution in [-0.2, 0) is 6.18 Å². The normalized spacial score (nSPS) is 12.1. The average molecular weight is 272 g/mol. The van der Waals surface area contributed by atoms with Gasteiger partial charge in [-0.25, -0.2) is 4.98 Å². The molecule has 18 heavy (non-hydrogen) atoms. The first-order valence-corrected chi connectivity index (χ1v) is 4.01. The molecule has 1 aromatic rings. The highest BCUT2D eigenvalue weighted by atomic mass is 19.4. The van der Waals surface area contributed by atoms with E-state index in [1.807, 2.05) is 0 Å². The lowest BCUT2D eigenvalue weighted by molar-refractivity contribution is -0.276. The summed E-state index contributed by atoms with van der Waals surface area (Å²) in [5, 5.41) is 17.3. The van der Waals surface area contributed by atoms with Crippen LogP contribution >= 0.6 is 0 Å². The maximum absolute atomic E-state index is 12.4. The molecule has 0 aliphatic rings. The second-order valence-electron chi connectivity index (χ2n) is 2.86. The van der Waals surface area contributed by atoms with E-state index in [0.29, 0.717) is 0 Å². The number of alkyl halides is 6. The topological polar surface area (TPSA) is 66.1 Å². The molecule has 1 heterocycles. The Bertz CT molecular complexity index is 502. The summed E-state index contributed by atoms with van der Waals surface area (Å²) in [6.45, 7) is 0. The summed E-state index contributed by atoms with van der Waals surface area (Å²) in [6, 6.07) is 1.13. The SMILES string of the molecule is N#Cc1nc(C(F)(F)F)c(OC(F)(F)F)cc1O. The minimum absolute atomic E-state index is 0.0296. The van der Waals surface area contributed by atoms with E-state index in [4.69, 9.17) is 10.4 Å². The molecule has 98 valence electrons. The van der Waals surface area contributed by atoms with E-state index in [-0.39, 0.29) is 6.07 Å². The van der Waals surface area contributed by atoms with Crippen molar-refractivity contribution in [2.75, 3.05) is 0 Å². The van der Waals surface area contributed by atoms with E-state index in [1.54, 1.807) is 0 Å². The van der Waals surface area contributed by atoms with Crippen LogP contribution < -0.4 is 4.74 Å². The lowest BCUT2D eigenvalue weighted by Crippen LogP contribution is -2.21. The number of rotatable bonds is 1. The van der Waals surface area contributed by atoms with Gasteiger partial charge in [-0.1, -0.05) is 0 Å². The summed E-state index contributed by atoms with van der Waals surface area (Å²) in [7, 11) is 0. The number of hydrogen-bond donors (Lipinski definition) is 1. The molecule has 10 heteroatoms. The highest BCUT2D eigenvalue weighted by molar-refractivity contribution is 5.45. The summed E-state index contributed by atoms with van der Waals surface area (Å²) >= 11 is 0. The van der Waals surface area contributed by atoms with Gasteiger partial charge in [0.2, 0.25) is 0 Å². The first kappa shape index (κ1) is 13.9. The highest BCUT2D eigenvalue weighted by Crippen LogP contribution is 2.39. The smallest absolute Gasteiger partial charge is 0.505 e. The third-order valence-electron chi connectivity index (χ3n) is 1.57. The first-order valence-electron chi connectivity index (χ1n) is 4.01. The minimum Gasteiger partial charge on any atom is -0.505 e. The number of aromatic nitrogens is 1. The number of halogens is 6. The van der Waals surface area contributed by atoms with Crippen molar-refractivity contribution >= 4 is 0 Å². The van der Waals surface area contributed by atoms with Crippen LogP contribution in [0.25, 0.3) is 0 Å². The van der Waals surface area contributed by atoms with Crippen LogP contribution in [0.4, 0.5) is 26.3 Å². The van der Waals surface area contributed by atoms with Crippen molar-refractivity contribution in [3.63, 3.8) is 0 Å². The second kappa shape index (κ2) is 4.25. The number of nitrogens with zero attached hydrogens (tertiary/aromatic N) is 2. The van der Waals surface area contributed by atoms with Crippen LogP contribution in [0.5, 0.6) is 11.5 Å². The van der Waals surface area contributed by atoms with Gasteiger partial charge in [0.05, 0.1) is 0 Å². The Morgan fingerprint density at radius 2 is 1.78 bits per heavy atom. The zero-order valence-electron chi connectivity index (χ0n) is 8.10. The van der Waals surface area contributed by atoms with Gasteiger partial charge in [0.25, 0.3) is 0 Å². The molecule has 1 rings (SSSR count). The molecule has 0 aliphatic heterocycles. The summed E-state index contributed by atoms with van der Waals surface area (Å²) in [5.41, 5.74) is -3.11. The van der Waals surface area contributed by atoms with Crippen molar-refractivity contribution in [1.82, 2.24) is 4.98 Å². The first-order chi connectivity index (χ1) is 8.04. The molecule has 1 aromatic heterocycles. The molecule has 0 aliphatic carbocycles. The quantitative estimate of drug-likeness (QED) is 0.798. The Hall–Kier alpha value is -2.18. The summed E-state index contributed by atoms with van der Waals surface area (Å²) in [4.78, 5) is 2.59. The maximum Gasteiger partial charge on any atom is 0.573 e. The van der Waals surface area contributed by atoms with Gasteiger partial charge in [-0.3, -0.25) is 0 Å². The number of aromatic hydroxyl groups is 1. The van der Waals surface area contributed by atoms with Crippen molar-refractivity contribution in [1.29, 1.82) is 5.26 Å². The molecule has 0 radical (unpaired) electrons. The lowest BCUT2D eigenvalue weighted by atomic mass is 10.2. The average Bonchev–Trinajstić information content (AvgIpc) is 2.13. The van der Waals surface area contributed by atoms with Crippen LogP contribution in [0.2, 0.25) is 0 Å². The standard InChI is InChI=1S/C8H2F6N2O2/c9-7(10,11)6-5(18-8(12,13)14)1-4(17)3(2-15)16-6/h1,17H. The van der Waals surface area contributed by atoms with Crippen molar-refractivity contribution in [3.05, 3.63) is 17.5 Å². The van der Waals surface area contributed by atoms with E-state index in [9.17, 15) is 26.3 Å². The summed E-state index contributed by atoms with van der Waals surface area (Å²) in [6.07, 6.45) is -10.7. The Morgan fingerprint density at radius 3 is 2.17 bits per heavy atom. The predicted molar refractivity (Wildman–Crippen MR) is 42.3 cm³/mol. The molecule has 0 bridgehead atoms. The van der Waals surface area contributed by atoms with Crippen molar-refractivity contribution in [3.8, 4) is 17.6 Å². The van der Waals surface area contributed by atoms with Gasteiger partial charge >= 0.3 is 12.5 Å². The van der Waals surface area contributed by atoms with E-state index in [1.165, 1.54) is 0 Å². The fourth-order valence-corrected chi connectivity index (χ4v) is 0.973. The van der Waals surface area contributed by atoms with Crippen LogP contribution in [0, 0.1) is 11.3 Å². The predicted octanol–water partition coefficient (Wildman–Crippen LogP) is 2.58. The summed E-state index contributed by atoms with van der Waals surface area (Å²) in [5.74, 6) is -2.88. The molecule has 0 aromatic carbocycles. The van der Waals surface area contributed by atoms with Crippen LogP contribution in [-0.4, -0.2) is 16.5 Å². The largest absolute Gasteiger partial charge is 0.573 e. The van der Waals surface area contributed by atoms with Gasteiger partial charge in [0.15, 0.2) is 22.9 Å². The molecule has 0 fully saturated rings. The fraction of sp³-hybridized carbons (Fsp3) is 0.250. The zero-order valence-corrected chi connectivity index (χ0v) is 8.10. The summed E-state index contributed by atoms with van der Waals surface area (Å²) < 4.78 is 75.8. The van der Waals surface area contributed by atoms with E-state index < -0.39 is 35.4 Å². The number of pyridine rings is 1. The van der Waals surface area contributed by atoms with Gasteiger partial charge in [-0.15, -0.1) is 13.2 Å². The highest BCUT2D eigenvalue weighted by Gasteiger charge is 2.41. The molecule has 0 saturated carbocycles. The molecule has 0 spiro atoms. The molecular weight excluding hydrogens is 270 g/mol. The molecule has 1 N–H and O–H groups in total. The monoisotopic (exact) mass is 272 g/mol. The number of hydrogen-bond acceptors (Lipinski definition) is 4. The minimum atomic E-state index is -5.39. The van der Waals surface area contributed by atoms with Crippen molar-refractivity contribution < 1.29 is 36.2 Å². The maximum atomic E-state index is 12.4. The van der Waals surface area contributed by atoms with Crippen LogP contribution in [0.1, 0.15) is 11.4 Å². The Balaban J connectivity index is 3.41. The third kappa shape index (κ3) is 3.16. The van der Waals surface area contributed by atoms with Crippen molar-refractivity contribution in [2.45, 2.75) is 12.5 Å². The van der Waals surface area contributed by atoms with Gasteiger partial charge in [-0.2, -0.15) is 18.4 Å². The van der Waals surface area contributed by atoms with Crippen LogP contribution in [0.15, 0.2) is 6.07 Å². The van der Waals surface area contributed by atoms with E-state index in [2.05, 4.69) is 9.72 Å². The zero-order chi connectivity index (χ0) is 14.1. The van der Waals surface area contributed by atoms with Gasteiger partial charge in [0.1, 0.15) is 6.07 Å². The Morgan fingerprint density at radius 1 is 1.22 bits per heavy atom. The van der Waals surface area contributed by atoms with Gasteiger partial charge < -0.3 is 9.84 Å². The molecule has 0 unspecified atom stereocenters. The number of ether oxygens (including phenoxy) is 1. The Labute approximate surface area is 95.0 Å². The molecule has 0 atom stereocenters. The van der Waals surface area contributed by atoms with E-state index >= 15 is 0 Å². The molecule has 4 nitrogen and oxygen atoms in total. The number of nitriles is 1. The molecule has 0 saturated heterocycles. The lowest BCUT2D eigenvalue weighted by Gasteiger charge is -2.14. The Kier molecular flexibility index (Phi) is 3.27. The molecule has 0 amide bonds. The molecular formula is C8H2F6N2O2. The van der Waals surface area contributed by atoms with Crippen molar-refractivity contribution in [2.24, 2.45) is 0 Å². The van der Waals surface area contributed by atoms with E-state index in [0.717, 1.165) is 6.07 Å². The fourth-order valence-electron chi connectivity index (χ4n) is 0.973. The second-order valence-corrected chi connectivity index (χ2v) is 2.86. The third-order valence-corrected chi connectivity index (χ3v) is 1.57. The van der Waals surface area contributed by atoms with Gasteiger partial charge in [0, 0.05) is 6.07 Å². The van der Waals surface area contributed by atoms with Gasteiger partial charge in [-0.05, 0) is 0 Å².